The molecule has 0 unspecified atom stereocenters. The minimum atomic E-state index is -4.60. The molecule has 2 aromatic rings. The molecule has 2 rings (SSSR count). The summed E-state index contributed by atoms with van der Waals surface area (Å²) < 4.78 is 37.5. The van der Waals surface area contributed by atoms with E-state index < -0.39 is 23.7 Å². The lowest BCUT2D eigenvalue weighted by Crippen LogP contribution is -2.17. The van der Waals surface area contributed by atoms with E-state index in [-0.39, 0.29) is 5.56 Å². The fourth-order valence-electron chi connectivity index (χ4n) is 1.53. The number of carbonyl (C=O) groups excluding carboxylic acids is 1. The number of aryl methyl sites for hydroxylation is 1. The molecule has 0 aliphatic rings. The number of benzene rings is 1. The van der Waals surface area contributed by atoms with E-state index in [9.17, 15) is 18.0 Å². The van der Waals surface area contributed by atoms with Crippen LogP contribution in [0.5, 0.6) is 0 Å². The molecule has 0 fully saturated rings. The average Bonchev–Trinajstić information content (AvgIpc) is 2.41. The molecule has 1 heterocycles. The van der Waals surface area contributed by atoms with Gasteiger partial charge in [-0.15, -0.1) is 0 Å². The minimum Gasteiger partial charge on any atom is -0.290 e. The van der Waals surface area contributed by atoms with Gasteiger partial charge >= 0.3 is 6.18 Å². The third kappa shape index (κ3) is 3.56. The highest BCUT2D eigenvalue weighted by molar-refractivity contribution is 6.03. The van der Waals surface area contributed by atoms with Crippen molar-refractivity contribution in [3.63, 3.8) is 0 Å². The van der Waals surface area contributed by atoms with Crippen molar-refractivity contribution in [2.75, 3.05) is 5.32 Å². The molecule has 4 nitrogen and oxygen atoms in total. The molecule has 1 aromatic heterocycles. The fraction of sp³-hybridized carbons (Fsp3) is 0.143. The molecule has 7 heteroatoms. The number of hydrogen-bond donors (Lipinski definition) is 1. The van der Waals surface area contributed by atoms with Gasteiger partial charge < -0.3 is 0 Å². The van der Waals surface area contributed by atoms with E-state index in [0.717, 1.165) is 17.8 Å². The molecule has 1 N–H and O–H groups in total. The molecule has 2 radical (unpaired) electrons. The first kappa shape index (κ1) is 15.0. The van der Waals surface area contributed by atoms with E-state index in [0.29, 0.717) is 5.56 Å². The number of aromatic nitrogens is 2. The van der Waals surface area contributed by atoms with Gasteiger partial charge in [-0.1, -0.05) is 6.07 Å². The van der Waals surface area contributed by atoms with E-state index in [2.05, 4.69) is 15.3 Å². The van der Waals surface area contributed by atoms with E-state index in [1.54, 1.807) is 13.0 Å². The van der Waals surface area contributed by atoms with Crippen molar-refractivity contribution in [1.29, 1.82) is 0 Å². The van der Waals surface area contributed by atoms with Crippen LogP contribution < -0.4 is 5.32 Å². The lowest BCUT2D eigenvalue weighted by atomic mass is 10.1. The Morgan fingerprint density at radius 1 is 1.29 bits per heavy atom. The number of alkyl halides is 3. The molecule has 0 aliphatic heterocycles. The van der Waals surface area contributed by atoms with Gasteiger partial charge in [0.05, 0.1) is 0 Å². The van der Waals surface area contributed by atoms with Crippen LogP contribution in [0.2, 0.25) is 0 Å². The maximum absolute atomic E-state index is 12.5. The Kier molecular flexibility index (Phi) is 3.93. The molecule has 0 atom stereocenters. The smallest absolute Gasteiger partial charge is 0.290 e. The van der Waals surface area contributed by atoms with Gasteiger partial charge in [0.15, 0.2) is 0 Å². The first-order valence-corrected chi connectivity index (χ1v) is 5.85. The van der Waals surface area contributed by atoms with Crippen LogP contribution in [0.25, 0.3) is 0 Å². The Balaban J connectivity index is 2.21. The quantitative estimate of drug-likeness (QED) is 0.925. The third-order valence-electron chi connectivity index (χ3n) is 2.71. The van der Waals surface area contributed by atoms with Gasteiger partial charge in [-0.05, 0) is 43.2 Å². The zero-order valence-electron chi connectivity index (χ0n) is 10.9. The maximum atomic E-state index is 12.5. The summed E-state index contributed by atoms with van der Waals surface area (Å²) in [4.78, 5) is 18.7. The van der Waals surface area contributed by atoms with Gasteiger partial charge in [-0.3, -0.25) is 10.1 Å². The molecule has 0 aliphatic carbocycles. The summed E-state index contributed by atoms with van der Waals surface area (Å²) in [6.07, 6.45) is -3.67. The molecule has 21 heavy (non-hydrogen) atoms. The standard InChI is InChI=1S/C14H10F3N3O/c1-8-3-4-10(7-9(8)2)12(21)20-13-18-6-5-11(19-13)14(15,16)17/h2-7H,1H3,(H,18,19,20,21). The Morgan fingerprint density at radius 3 is 2.62 bits per heavy atom. The second kappa shape index (κ2) is 5.51. The molecule has 0 spiro atoms. The number of rotatable bonds is 2. The van der Waals surface area contributed by atoms with Crippen molar-refractivity contribution < 1.29 is 18.0 Å². The zero-order chi connectivity index (χ0) is 15.6. The topological polar surface area (TPSA) is 54.9 Å². The highest BCUT2D eigenvalue weighted by Crippen LogP contribution is 2.27. The monoisotopic (exact) mass is 293 g/mol. The van der Waals surface area contributed by atoms with Gasteiger partial charge in [0, 0.05) is 11.8 Å². The van der Waals surface area contributed by atoms with E-state index in [4.69, 9.17) is 6.92 Å². The SMILES string of the molecule is [CH]c1cc(C(=O)Nc2nccc(C(F)(F)F)n2)ccc1C. The van der Waals surface area contributed by atoms with Gasteiger partial charge in [0.1, 0.15) is 5.69 Å². The Labute approximate surface area is 119 Å². The van der Waals surface area contributed by atoms with Crippen LogP contribution in [0.3, 0.4) is 0 Å². The zero-order valence-corrected chi connectivity index (χ0v) is 10.9. The molecular weight excluding hydrogens is 283 g/mol. The molecule has 1 amide bonds. The number of nitrogens with one attached hydrogen (secondary N) is 1. The van der Waals surface area contributed by atoms with Crippen LogP contribution in [0.1, 0.15) is 27.2 Å². The number of anilines is 1. The Morgan fingerprint density at radius 2 is 2.00 bits per heavy atom. The third-order valence-corrected chi connectivity index (χ3v) is 2.71. The number of hydrogen-bond acceptors (Lipinski definition) is 3. The van der Waals surface area contributed by atoms with Gasteiger partial charge in [0.2, 0.25) is 5.95 Å². The highest BCUT2D eigenvalue weighted by Gasteiger charge is 2.32. The summed E-state index contributed by atoms with van der Waals surface area (Å²) in [5.41, 5.74) is 0.282. The second-order valence-electron chi connectivity index (χ2n) is 4.29. The van der Waals surface area contributed by atoms with Crippen molar-refractivity contribution in [2.24, 2.45) is 0 Å². The Bertz CT molecular complexity index is 683. The van der Waals surface area contributed by atoms with Crippen LogP contribution in [0.15, 0.2) is 30.5 Å². The average molecular weight is 293 g/mol. The fourth-order valence-corrected chi connectivity index (χ4v) is 1.53. The van der Waals surface area contributed by atoms with Crippen molar-refractivity contribution in [2.45, 2.75) is 13.1 Å². The predicted molar refractivity (Wildman–Crippen MR) is 69.6 cm³/mol. The summed E-state index contributed by atoms with van der Waals surface area (Å²) in [5.74, 6) is -1.06. The maximum Gasteiger partial charge on any atom is 0.433 e. The Hall–Kier alpha value is -2.44. The summed E-state index contributed by atoms with van der Waals surface area (Å²) in [7, 11) is 0. The van der Waals surface area contributed by atoms with Crippen LogP contribution in [-0.4, -0.2) is 15.9 Å². The largest absolute Gasteiger partial charge is 0.433 e. The second-order valence-corrected chi connectivity index (χ2v) is 4.29. The van der Waals surface area contributed by atoms with Crippen molar-refractivity contribution >= 4 is 11.9 Å². The number of halogens is 3. The van der Waals surface area contributed by atoms with Crippen molar-refractivity contribution in [3.8, 4) is 0 Å². The van der Waals surface area contributed by atoms with Crippen LogP contribution in [0, 0.1) is 13.8 Å². The molecule has 108 valence electrons. The number of nitrogens with zero attached hydrogens (tertiary/aromatic N) is 2. The summed E-state index contributed by atoms with van der Waals surface area (Å²) in [6.45, 7) is 7.44. The van der Waals surface area contributed by atoms with Gasteiger partial charge in [0.25, 0.3) is 5.91 Å². The molecule has 0 saturated heterocycles. The lowest BCUT2D eigenvalue weighted by Gasteiger charge is -2.08. The van der Waals surface area contributed by atoms with Gasteiger partial charge in [-0.25, -0.2) is 9.97 Å². The number of amides is 1. The highest BCUT2D eigenvalue weighted by atomic mass is 19.4. The molecule has 0 bridgehead atoms. The lowest BCUT2D eigenvalue weighted by molar-refractivity contribution is -0.141. The van der Waals surface area contributed by atoms with Crippen molar-refractivity contribution in [1.82, 2.24) is 9.97 Å². The molecular formula is C14H10F3N3O. The summed E-state index contributed by atoms with van der Waals surface area (Å²) in [6, 6.07) is 5.30. The van der Waals surface area contributed by atoms with E-state index >= 15 is 0 Å². The molecule has 0 saturated carbocycles. The first-order valence-electron chi connectivity index (χ1n) is 5.85. The van der Waals surface area contributed by atoms with Crippen molar-refractivity contribution in [3.05, 3.63) is 59.8 Å². The van der Waals surface area contributed by atoms with Crippen LogP contribution in [0.4, 0.5) is 19.1 Å². The minimum absolute atomic E-state index is 0.208. The summed E-state index contributed by atoms with van der Waals surface area (Å²) >= 11 is 0. The van der Waals surface area contributed by atoms with E-state index in [1.165, 1.54) is 12.1 Å². The van der Waals surface area contributed by atoms with Crippen LogP contribution in [-0.2, 0) is 6.18 Å². The van der Waals surface area contributed by atoms with Gasteiger partial charge in [-0.2, -0.15) is 13.2 Å². The van der Waals surface area contributed by atoms with Crippen LogP contribution >= 0.6 is 0 Å². The normalized spacial score (nSPS) is 11.3. The predicted octanol–water partition coefficient (Wildman–Crippen LogP) is 3.12. The molecule has 1 aromatic carbocycles. The number of carbonyl (C=O) groups is 1. The van der Waals surface area contributed by atoms with E-state index in [1.807, 2.05) is 0 Å². The summed E-state index contributed by atoms with van der Waals surface area (Å²) in [5, 5.41) is 2.20. The first-order chi connectivity index (χ1) is 9.77.